The Hall–Kier alpha value is -2.53. The number of anilines is 1. The Morgan fingerprint density at radius 3 is 2.55 bits per heavy atom. The van der Waals surface area contributed by atoms with Crippen LogP contribution in [-0.2, 0) is 22.9 Å². The van der Waals surface area contributed by atoms with E-state index in [9.17, 15) is 31.5 Å². The van der Waals surface area contributed by atoms with Gasteiger partial charge in [0.1, 0.15) is 5.76 Å². The predicted molar refractivity (Wildman–Crippen MR) is 113 cm³/mol. The number of benzene rings is 1. The monoisotopic (exact) mass is 486 g/mol. The number of rotatable bonds is 6. The van der Waals surface area contributed by atoms with Crippen molar-refractivity contribution in [2.75, 3.05) is 5.32 Å². The molecule has 2 aliphatic carbocycles. The second kappa shape index (κ2) is 8.35. The molecule has 3 N–H and O–H groups in total. The van der Waals surface area contributed by atoms with Crippen LogP contribution >= 0.6 is 0 Å². The Morgan fingerprint density at radius 2 is 1.91 bits per heavy atom. The zero-order chi connectivity index (χ0) is 24.1. The maximum absolute atomic E-state index is 12.8. The minimum Gasteiger partial charge on any atom is -0.448 e. The molecule has 11 heteroatoms. The van der Waals surface area contributed by atoms with E-state index < -0.39 is 44.8 Å². The normalized spacial score (nSPS) is 18.0. The van der Waals surface area contributed by atoms with Gasteiger partial charge in [0.15, 0.2) is 6.10 Å². The number of hydrogen-bond donors (Lipinski definition) is 3. The Labute approximate surface area is 189 Å². The topological polar surface area (TPSA) is 109 Å². The van der Waals surface area contributed by atoms with Gasteiger partial charge in [-0.05, 0) is 67.6 Å². The lowest BCUT2D eigenvalue weighted by atomic mass is 9.91. The van der Waals surface area contributed by atoms with Crippen molar-refractivity contribution >= 4 is 21.7 Å². The highest BCUT2D eigenvalue weighted by Gasteiger charge is 2.42. The highest BCUT2D eigenvalue weighted by Crippen LogP contribution is 2.46. The number of fused-ring (bicyclic) bond motifs is 1. The van der Waals surface area contributed by atoms with Crippen LogP contribution in [0, 0.1) is 12.8 Å². The van der Waals surface area contributed by atoms with Gasteiger partial charge in [-0.1, -0.05) is 19.1 Å². The molecule has 2 aromatic rings. The third-order valence-corrected chi connectivity index (χ3v) is 7.59. The van der Waals surface area contributed by atoms with Crippen LogP contribution in [0.25, 0.3) is 0 Å². The molecule has 1 fully saturated rings. The van der Waals surface area contributed by atoms with Crippen molar-refractivity contribution in [1.29, 1.82) is 0 Å². The van der Waals surface area contributed by atoms with Crippen LogP contribution in [0.4, 0.5) is 23.7 Å². The predicted octanol–water partition coefficient (Wildman–Crippen LogP) is 4.70. The number of hydrogen-bond acceptors (Lipinski definition) is 5. The number of carbonyl (C=O) groups is 1. The van der Waals surface area contributed by atoms with E-state index in [1.807, 2.05) is 6.07 Å². The first kappa shape index (κ1) is 23.6. The van der Waals surface area contributed by atoms with Gasteiger partial charge in [-0.15, -0.1) is 0 Å². The largest absolute Gasteiger partial charge is 0.448 e. The first-order valence-electron chi connectivity index (χ1n) is 10.7. The molecular weight excluding hydrogens is 461 g/mol. The SMILES string of the molecule is Cc1oc(S(=O)(=O)NC(=O)Nc2c(C(C)C3CC3)ccc3c2CCC3)cc1C(O)C(F)(F)F. The van der Waals surface area contributed by atoms with Crippen molar-refractivity contribution in [3.8, 4) is 0 Å². The number of halogens is 3. The number of furan rings is 1. The van der Waals surface area contributed by atoms with Crippen LogP contribution < -0.4 is 10.0 Å². The van der Waals surface area contributed by atoms with Gasteiger partial charge in [-0.25, -0.2) is 9.52 Å². The van der Waals surface area contributed by atoms with Gasteiger partial charge in [-0.2, -0.15) is 21.6 Å². The molecule has 0 spiro atoms. The number of urea groups is 1. The van der Waals surface area contributed by atoms with Gasteiger partial charge in [0.25, 0.3) is 10.0 Å². The first-order chi connectivity index (χ1) is 15.4. The summed E-state index contributed by atoms with van der Waals surface area (Å²) in [5, 5.41) is 11.2. The summed E-state index contributed by atoms with van der Waals surface area (Å²) < 4.78 is 70.4. The van der Waals surface area contributed by atoms with E-state index in [0.29, 0.717) is 17.7 Å². The fourth-order valence-corrected chi connectivity index (χ4v) is 5.33. The molecule has 2 unspecified atom stereocenters. The lowest BCUT2D eigenvalue weighted by Gasteiger charge is -2.20. The smallest absolute Gasteiger partial charge is 0.418 e. The van der Waals surface area contributed by atoms with Gasteiger partial charge in [0.05, 0.1) is 0 Å². The Bertz CT molecular complexity index is 1190. The molecule has 1 aromatic heterocycles. The fourth-order valence-electron chi connectivity index (χ4n) is 4.42. The van der Waals surface area contributed by atoms with Crippen LogP contribution in [0.2, 0.25) is 0 Å². The summed E-state index contributed by atoms with van der Waals surface area (Å²) >= 11 is 0. The van der Waals surface area contributed by atoms with Gasteiger partial charge >= 0.3 is 12.2 Å². The second-order valence-electron chi connectivity index (χ2n) is 8.73. The van der Waals surface area contributed by atoms with E-state index >= 15 is 0 Å². The summed E-state index contributed by atoms with van der Waals surface area (Å²) in [6, 6.07) is 3.56. The lowest BCUT2D eigenvalue weighted by Crippen LogP contribution is -2.35. The molecule has 1 aromatic carbocycles. The number of nitrogens with one attached hydrogen (secondary N) is 2. The summed E-state index contributed by atoms with van der Waals surface area (Å²) in [6.45, 7) is 3.18. The number of aliphatic hydroxyl groups is 1. The molecule has 0 radical (unpaired) electrons. The van der Waals surface area contributed by atoms with Crippen LogP contribution in [0.5, 0.6) is 0 Å². The van der Waals surface area contributed by atoms with E-state index in [0.717, 1.165) is 55.7 Å². The van der Waals surface area contributed by atoms with Gasteiger partial charge in [0, 0.05) is 17.3 Å². The van der Waals surface area contributed by atoms with E-state index in [-0.39, 0.29) is 5.92 Å². The minimum atomic E-state index is -5.00. The number of aryl methyl sites for hydroxylation is 2. The number of aliphatic hydroxyl groups excluding tert-OH is 1. The number of carbonyl (C=O) groups excluding carboxylic acids is 1. The van der Waals surface area contributed by atoms with Crippen LogP contribution in [0.15, 0.2) is 27.7 Å². The van der Waals surface area contributed by atoms with Crippen molar-refractivity contribution in [2.45, 2.75) is 69.2 Å². The van der Waals surface area contributed by atoms with Crippen molar-refractivity contribution in [1.82, 2.24) is 4.72 Å². The van der Waals surface area contributed by atoms with Crippen molar-refractivity contribution in [3.05, 3.63) is 46.2 Å². The zero-order valence-electron chi connectivity index (χ0n) is 18.1. The van der Waals surface area contributed by atoms with E-state index in [2.05, 4.69) is 18.3 Å². The average molecular weight is 487 g/mol. The molecule has 7 nitrogen and oxygen atoms in total. The number of amides is 2. The van der Waals surface area contributed by atoms with Crippen LogP contribution in [-0.4, -0.2) is 25.7 Å². The molecule has 4 rings (SSSR count). The van der Waals surface area contributed by atoms with E-state index in [4.69, 9.17) is 4.42 Å². The molecule has 1 heterocycles. The summed E-state index contributed by atoms with van der Waals surface area (Å²) in [6.07, 6.45) is -3.14. The zero-order valence-corrected chi connectivity index (χ0v) is 18.9. The molecule has 0 aliphatic heterocycles. The molecule has 180 valence electrons. The van der Waals surface area contributed by atoms with E-state index in [1.165, 1.54) is 0 Å². The molecule has 1 saturated carbocycles. The van der Waals surface area contributed by atoms with E-state index in [1.54, 1.807) is 4.72 Å². The van der Waals surface area contributed by atoms with Gasteiger partial charge in [0.2, 0.25) is 5.09 Å². The number of sulfonamides is 1. The quantitative estimate of drug-likeness (QED) is 0.549. The maximum atomic E-state index is 12.8. The second-order valence-corrected chi connectivity index (χ2v) is 10.3. The van der Waals surface area contributed by atoms with Gasteiger partial charge in [-0.3, -0.25) is 0 Å². The third-order valence-electron chi connectivity index (χ3n) is 6.40. The van der Waals surface area contributed by atoms with Crippen molar-refractivity contribution < 1.29 is 35.9 Å². The summed E-state index contributed by atoms with van der Waals surface area (Å²) in [4.78, 5) is 12.7. The summed E-state index contributed by atoms with van der Waals surface area (Å²) in [5.41, 5.74) is 2.89. The lowest BCUT2D eigenvalue weighted by molar-refractivity contribution is -0.207. The average Bonchev–Trinajstić information content (AvgIpc) is 3.32. The van der Waals surface area contributed by atoms with Crippen LogP contribution in [0.3, 0.4) is 0 Å². The molecule has 2 aliphatic rings. The summed E-state index contributed by atoms with van der Waals surface area (Å²) in [5.74, 6) is 0.297. The molecule has 2 amide bonds. The molecule has 0 saturated heterocycles. The Balaban J connectivity index is 1.57. The fraction of sp³-hybridized carbons (Fsp3) is 0.500. The standard InChI is InChI=1S/C22H25F3N2O5S/c1-11(13-6-7-13)15-9-8-14-4-3-5-16(14)19(15)26-21(29)27-33(30,31)18-10-17(12(2)32-18)20(28)22(23,24)25/h8-11,13,20,28H,3-7H2,1-2H3,(H2,26,27,29). The van der Waals surface area contributed by atoms with Crippen molar-refractivity contribution in [2.24, 2.45) is 5.92 Å². The molecule has 33 heavy (non-hydrogen) atoms. The Morgan fingerprint density at radius 1 is 1.21 bits per heavy atom. The number of alkyl halides is 3. The highest BCUT2D eigenvalue weighted by molar-refractivity contribution is 7.89. The first-order valence-corrected chi connectivity index (χ1v) is 12.2. The molecular formula is C22H25F3N2O5S. The minimum absolute atomic E-state index is 0.196. The Kier molecular flexibility index (Phi) is 5.98. The van der Waals surface area contributed by atoms with Gasteiger partial charge < -0.3 is 14.8 Å². The maximum Gasteiger partial charge on any atom is 0.418 e. The molecule has 2 atom stereocenters. The van der Waals surface area contributed by atoms with Crippen molar-refractivity contribution in [3.63, 3.8) is 0 Å². The third kappa shape index (κ3) is 4.74. The summed E-state index contributed by atoms with van der Waals surface area (Å²) in [7, 11) is -4.62. The molecule has 0 bridgehead atoms. The highest BCUT2D eigenvalue weighted by atomic mass is 32.2. The van der Waals surface area contributed by atoms with Crippen LogP contribution in [0.1, 0.15) is 66.2 Å².